The quantitative estimate of drug-likeness (QED) is 0.586. The standard InChI is InChI=1S/C10H10O3S/c1-13-10(12)8-6-9(14-7-8)4-2-3-5-11/h6-7,11H,4-5H2,1H3. The summed E-state index contributed by atoms with van der Waals surface area (Å²) in [6, 6.07) is 1.75. The lowest BCUT2D eigenvalue weighted by Crippen LogP contribution is -1.98. The number of aliphatic hydroxyl groups excluding tert-OH is 1. The van der Waals surface area contributed by atoms with Gasteiger partial charge in [0.15, 0.2) is 0 Å². The van der Waals surface area contributed by atoms with E-state index in [4.69, 9.17) is 5.11 Å². The molecule has 0 amide bonds. The average Bonchev–Trinajstić information content (AvgIpc) is 2.66. The zero-order valence-corrected chi connectivity index (χ0v) is 8.56. The van der Waals surface area contributed by atoms with Crippen LogP contribution in [0.5, 0.6) is 0 Å². The van der Waals surface area contributed by atoms with E-state index in [-0.39, 0.29) is 12.6 Å². The first-order chi connectivity index (χ1) is 6.77. The Kier molecular flexibility index (Phi) is 4.17. The number of aliphatic hydroxyl groups is 1. The highest BCUT2D eigenvalue weighted by molar-refractivity contribution is 7.10. The van der Waals surface area contributed by atoms with Crippen molar-refractivity contribution in [2.45, 2.75) is 6.42 Å². The van der Waals surface area contributed by atoms with Crippen molar-refractivity contribution in [1.29, 1.82) is 0 Å². The summed E-state index contributed by atoms with van der Waals surface area (Å²) in [4.78, 5) is 12.1. The van der Waals surface area contributed by atoms with Gasteiger partial charge in [-0.15, -0.1) is 11.3 Å². The molecule has 1 heterocycles. The van der Waals surface area contributed by atoms with Gasteiger partial charge in [-0.1, -0.05) is 11.8 Å². The average molecular weight is 210 g/mol. The Morgan fingerprint density at radius 2 is 2.43 bits per heavy atom. The molecule has 1 N–H and O–H groups in total. The Bertz CT molecular complexity index is 370. The third kappa shape index (κ3) is 2.87. The van der Waals surface area contributed by atoms with Gasteiger partial charge in [0.25, 0.3) is 0 Å². The molecule has 1 aromatic rings. The molecule has 4 heteroatoms. The Hall–Kier alpha value is -1.31. The van der Waals surface area contributed by atoms with E-state index in [2.05, 4.69) is 16.6 Å². The van der Waals surface area contributed by atoms with Crippen LogP contribution in [-0.4, -0.2) is 24.8 Å². The van der Waals surface area contributed by atoms with E-state index < -0.39 is 0 Å². The van der Waals surface area contributed by atoms with Gasteiger partial charge in [-0.3, -0.25) is 0 Å². The van der Waals surface area contributed by atoms with Crippen LogP contribution in [0.25, 0.3) is 0 Å². The number of hydrogen-bond acceptors (Lipinski definition) is 4. The summed E-state index contributed by atoms with van der Waals surface area (Å²) in [6.07, 6.45) is 0.558. The number of esters is 1. The summed E-state index contributed by atoms with van der Waals surface area (Å²) in [5.41, 5.74) is 0.554. The summed E-state index contributed by atoms with van der Waals surface area (Å²) >= 11 is 1.46. The maximum atomic E-state index is 11.1. The predicted molar refractivity (Wildman–Crippen MR) is 54.2 cm³/mol. The number of hydrogen-bond donors (Lipinski definition) is 1. The highest BCUT2D eigenvalue weighted by atomic mass is 32.1. The molecule has 1 aromatic heterocycles. The van der Waals surface area contributed by atoms with Gasteiger partial charge in [-0.25, -0.2) is 4.79 Å². The molecule has 14 heavy (non-hydrogen) atoms. The second kappa shape index (κ2) is 5.43. The highest BCUT2D eigenvalue weighted by Crippen LogP contribution is 2.15. The van der Waals surface area contributed by atoms with Crippen molar-refractivity contribution in [3.05, 3.63) is 21.9 Å². The number of carbonyl (C=O) groups is 1. The monoisotopic (exact) mass is 210 g/mol. The molecule has 0 aromatic carbocycles. The maximum Gasteiger partial charge on any atom is 0.338 e. The van der Waals surface area contributed by atoms with Crippen LogP contribution in [0.4, 0.5) is 0 Å². The largest absolute Gasteiger partial charge is 0.465 e. The Morgan fingerprint density at radius 3 is 3.07 bits per heavy atom. The molecular weight excluding hydrogens is 200 g/mol. The fourth-order valence-electron chi connectivity index (χ4n) is 0.904. The van der Waals surface area contributed by atoms with Gasteiger partial charge in [0, 0.05) is 16.7 Å². The molecule has 0 aliphatic heterocycles. The van der Waals surface area contributed by atoms with Crippen molar-refractivity contribution in [2.75, 3.05) is 13.7 Å². The van der Waals surface area contributed by atoms with Gasteiger partial charge in [0.1, 0.15) is 6.61 Å². The van der Waals surface area contributed by atoms with Crippen LogP contribution in [0.3, 0.4) is 0 Å². The van der Waals surface area contributed by atoms with Crippen molar-refractivity contribution >= 4 is 17.3 Å². The van der Waals surface area contributed by atoms with Crippen molar-refractivity contribution in [1.82, 2.24) is 0 Å². The normalized spacial score (nSPS) is 9.00. The molecule has 0 saturated heterocycles. The molecule has 0 aliphatic carbocycles. The summed E-state index contributed by atoms with van der Waals surface area (Å²) in [7, 11) is 1.35. The van der Waals surface area contributed by atoms with E-state index in [9.17, 15) is 4.79 Å². The molecular formula is C10H10O3S. The summed E-state index contributed by atoms with van der Waals surface area (Å²) in [5.74, 6) is 4.99. The molecule has 3 nitrogen and oxygen atoms in total. The fourth-order valence-corrected chi connectivity index (χ4v) is 1.70. The van der Waals surface area contributed by atoms with E-state index in [0.29, 0.717) is 12.0 Å². The second-order valence-electron chi connectivity index (χ2n) is 2.48. The molecule has 1 rings (SSSR count). The first kappa shape index (κ1) is 10.8. The molecule has 74 valence electrons. The number of rotatable bonds is 2. The maximum absolute atomic E-state index is 11.1. The zero-order valence-electron chi connectivity index (χ0n) is 7.74. The Balaban J connectivity index is 2.64. The van der Waals surface area contributed by atoms with E-state index in [1.165, 1.54) is 18.4 Å². The van der Waals surface area contributed by atoms with E-state index in [0.717, 1.165) is 4.88 Å². The van der Waals surface area contributed by atoms with Gasteiger partial charge < -0.3 is 9.84 Å². The molecule has 0 unspecified atom stereocenters. The number of methoxy groups -OCH3 is 1. The molecule has 0 bridgehead atoms. The van der Waals surface area contributed by atoms with Crippen molar-refractivity contribution in [2.24, 2.45) is 0 Å². The van der Waals surface area contributed by atoms with Crippen LogP contribution >= 0.6 is 11.3 Å². The third-order valence-electron chi connectivity index (χ3n) is 1.54. The number of ether oxygens (including phenoxy) is 1. The van der Waals surface area contributed by atoms with Crippen LogP contribution in [0.2, 0.25) is 0 Å². The predicted octanol–water partition coefficient (Wildman–Crippen LogP) is 1.07. The van der Waals surface area contributed by atoms with E-state index in [1.807, 2.05) is 0 Å². The topological polar surface area (TPSA) is 46.5 Å². The summed E-state index contributed by atoms with van der Waals surface area (Å²) < 4.78 is 4.57. The third-order valence-corrected chi connectivity index (χ3v) is 2.48. The molecule has 0 fully saturated rings. The minimum atomic E-state index is -0.331. The van der Waals surface area contributed by atoms with Crippen molar-refractivity contribution in [3.8, 4) is 11.8 Å². The number of thiophene rings is 1. The number of carbonyl (C=O) groups excluding carboxylic acids is 1. The van der Waals surface area contributed by atoms with Crippen LogP contribution in [0, 0.1) is 11.8 Å². The van der Waals surface area contributed by atoms with Crippen LogP contribution in [0.1, 0.15) is 15.2 Å². The summed E-state index contributed by atoms with van der Waals surface area (Å²) in [5, 5.41) is 10.2. The smallest absolute Gasteiger partial charge is 0.338 e. The van der Waals surface area contributed by atoms with E-state index in [1.54, 1.807) is 11.4 Å². The van der Waals surface area contributed by atoms with Crippen molar-refractivity contribution in [3.63, 3.8) is 0 Å². The molecule has 0 radical (unpaired) electrons. The molecule has 0 aliphatic rings. The first-order valence-corrected chi connectivity index (χ1v) is 4.88. The van der Waals surface area contributed by atoms with Gasteiger partial charge in [-0.05, 0) is 6.07 Å². The lowest BCUT2D eigenvalue weighted by atomic mass is 10.3. The van der Waals surface area contributed by atoms with Crippen LogP contribution in [-0.2, 0) is 11.2 Å². The second-order valence-corrected chi connectivity index (χ2v) is 3.48. The minimum absolute atomic E-state index is 0.130. The highest BCUT2D eigenvalue weighted by Gasteiger charge is 2.07. The van der Waals surface area contributed by atoms with E-state index >= 15 is 0 Å². The zero-order chi connectivity index (χ0) is 10.4. The van der Waals surface area contributed by atoms with Gasteiger partial charge >= 0.3 is 5.97 Å². The van der Waals surface area contributed by atoms with Crippen molar-refractivity contribution < 1.29 is 14.6 Å². The van der Waals surface area contributed by atoms with Crippen LogP contribution in [0.15, 0.2) is 11.4 Å². The molecule has 0 saturated carbocycles. The van der Waals surface area contributed by atoms with Gasteiger partial charge in [0.2, 0.25) is 0 Å². The lowest BCUT2D eigenvalue weighted by Gasteiger charge is -1.91. The Labute approximate surface area is 86.3 Å². The first-order valence-electron chi connectivity index (χ1n) is 4.00. The van der Waals surface area contributed by atoms with Crippen LogP contribution < -0.4 is 0 Å². The molecule has 0 atom stereocenters. The molecule has 0 spiro atoms. The lowest BCUT2D eigenvalue weighted by molar-refractivity contribution is 0.0601. The Morgan fingerprint density at radius 1 is 1.64 bits per heavy atom. The fraction of sp³-hybridized carbons (Fsp3) is 0.300. The van der Waals surface area contributed by atoms with Gasteiger partial charge in [-0.2, -0.15) is 0 Å². The summed E-state index contributed by atoms with van der Waals surface area (Å²) in [6.45, 7) is -0.130. The SMILES string of the molecule is COC(=O)c1csc(CC#CCO)c1. The van der Waals surface area contributed by atoms with Gasteiger partial charge in [0.05, 0.1) is 12.7 Å². The minimum Gasteiger partial charge on any atom is -0.465 e.